The SMILES string of the molecule is COC(=O)c1ccc(CCBr)c(F)c1. The molecule has 0 spiro atoms. The molecule has 0 bridgehead atoms. The van der Waals surface area contributed by atoms with Crippen LogP contribution in [-0.4, -0.2) is 18.4 Å². The molecule has 0 amide bonds. The minimum absolute atomic E-state index is 0.239. The number of halogens is 2. The molecule has 1 aromatic carbocycles. The van der Waals surface area contributed by atoms with Crippen LogP contribution < -0.4 is 0 Å². The summed E-state index contributed by atoms with van der Waals surface area (Å²) in [4.78, 5) is 11.0. The van der Waals surface area contributed by atoms with Crippen molar-refractivity contribution in [2.24, 2.45) is 0 Å². The van der Waals surface area contributed by atoms with Crippen LogP contribution in [0.15, 0.2) is 18.2 Å². The average molecular weight is 261 g/mol. The molecule has 0 fully saturated rings. The highest BCUT2D eigenvalue weighted by Gasteiger charge is 2.08. The van der Waals surface area contributed by atoms with Crippen molar-refractivity contribution in [3.63, 3.8) is 0 Å². The topological polar surface area (TPSA) is 26.3 Å². The molecule has 76 valence electrons. The highest BCUT2D eigenvalue weighted by atomic mass is 79.9. The van der Waals surface area contributed by atoms with Crippen LogP contribution in [0.4, 0.5) is 4.39 Å². The van der Waals surface area contributed by atoms with Crippen LogP contribution in [-0.2, 0) is 11.2 Å². The van der Waals surface area contributed by atoms with E-state index < -0.39 is 5.97 Å². The van der Waals surface area contributed by atoms with Crippen LogP contribution in [0, 0.1) is 5.82 Å². The zero-order valence-electron chi connectivity index (χ0n) is 7.72. The molecule has 0 unspecified atom stereocenters. The van der Waals surface area contributed by atoms with Crippen molar-refractivity contribution in [1.82, 2.24) is 0 Å². The minimum Gasteiger partial charge on any atom is -0.465 e. The number of hydrogen-bond acceptors (Lipinski definition) is 2. The molecule has 0 atom stereocenters. The fourth-order valence-electron chi connectivity index (χ4n) is 1.10. The highest BCUT2D eigenvalue weighted by molar-refractivity contribution is 9.09. The van der Waals surface area contributed by atoms with E-state index >= 15 is 0 Å². The lowest BCUT2D eigenvalue weighted by Crippen LogP contribution is -2.03. The Hall–Kier alpha value is -0.900. The third-order valence-electron chi connectivity index (χ3n) is 1.84. The fourth-order valence-corrected chi connectivity index (χ4v) is 1.52. The summed E-state index contributed by atoms with van der Waals surface area (Å²) in [6.07, 6.45) is 0.604. The first kappa shape index (κ1) is 11.2. The number of carbonyl (C=O) groups excluding carboxylic acids is 1. The molecule has 1 aromatic rings. The summed E-state index contributed by atoms with van der Waals surface area (Å²) in [6.45, 7) is 0. The van der Waals surface area contributed by atoms with Gasteiger partial charge in [0.25, 0.3) is 0 Å². The van der Waals surface area contributed by atoms with Crippen LogP contribution in [0.25, 0.3) is 0 Å². The lowest BCUT2D eigenvalue weighted by atomic mass is 10.1. The standard InChI is InChI=1S/C10H10BrFO2/c1-14-10(13)8-3-2-7(4-5-11)9(12)6-8/h2-3,6H,4-5H2,1H3. The fraction of sp³-hybridized carbons (Fsp3) is 0.300. The average Bonchev–Trinajstić information content (AvgIpc) is 2.20. The number of methoxy groups -OCH3 is 1. The maximum atomic E-state index is 13.3. The lowest BCUT2D eigenvalue weighted by Gasteiger charge is -2.03. The summed E-state index contributed by atoms with van der Waals surface area (Å²) in [5.41, 5.74) is 0.831. The van der Waals surface area contributed by atoms with E-state index in [9.17, 15) is 9.18 Å². The first-order chi connectivity index (χ1) is 6.69. The molecule has 0 saturated heterocycles. The Bertz CT molecular complexity index is 339. The smallest absolute Gasteiger partial charge is 0.337 e. The van der Waals surface area contributed by atoms with E-state index in [1.54, 1.807) is 12.1 Å². The van der Waals surface area contributed by atoms with Gasteiger partial charge in [0, 0.05) is 5.33 Å². The summed E-state index contributed by atoms with van der Waals surface area (Å²) in [5, 5.41) is 0.696. The van der Waals surface area contributed by atoms with E-state index in [1.807, 2.05) is 0 Å². The first-order valence-electron chi connectivity index (χ1n) is 4.11. The zero-order valence-corrected chi connectivity index (χ0v) is 9.30. The quantitative estimate of drug-likeness (QED) is 0.617. The molecule has 0 aliphatic heterocycles. The third kappa shape index (κ3) is 2.54. The van der Waals surface area contributed by atoms with Gasteiger partial charge in [-0.15, -0.1) is 0 Å². The summed E-state index contributed by atoms with van der Waals surface area (Å²) < 4.78 is 17.8. The van der Waals surface area contributed by atoms with Crippen molar-refractivity contribution >= 4 is 21.9 Å². The third-order valence-corrected chi connectivity index (χ3v) is 2.23. The zero-order chi connectivity index (χ0) is 10.6. The maximum absolute atomic E-state index is 13.3. The second-order valence-corrected chi connectivity index (χ2v) is 3.53. The number of rotatable bonds is 3. The van der Waals surface area contributed by atoms with Gasteiger partial charge in [-0.25, -0.2) is 9.18 Å². The Labute approximate surface area is 90.2 Å². The molecule has 0 N–H and O–H groups in total. The van der Waals surface area contributed by atoms with E-state index in [0.717, 1.165) is 0 Å². The van der Waals surface area contributed by atoms with Gasteiger partial charge in [0.2, 0.25) is 0 Å². The van der Waals surface area contributed by atoms with Crippen molar-refractivity contribution in [2.75, 3.05) is 12.4 Å². The number of benzene rings is 1. The highest BCUT2D eigenvalue weighted by Crippen LogP contribution is 2.12. The summed E-state index contributed by atoms with van der Waals surface area (Å²) >= 11 is 3.22. The van der Waals surface area contributed by atoms with E-state index in [4.69, 9.17) is 0 Å². The number of aryl methyl sites for hydroxylation is 1. The number of carbonyl (C=O) groups is 1. The number of hydrogen-bond donors (Lipinski definition) is 0. The van der Waals surface area contributed by atoms with E-state index in [1.165, 1.54) is 13.2 Å². The van der Waals surface area contributed by atoms with Crippen LogP contribution in [0.5, 0.6) is 0 Å². The second-order valence-electron chi connectivity index (χ2n) is 2.74. The van der Waals surface area contributed by atoms with Gasteiger partial charge in [-0.2, -0.15) is 0 Å². The molecule has 0 heterocycles. The molecule has 0 aliphatic rings. The number of ether oxygens (including phenoxy) is 1. The van der Waals surface area contributed by atoms with Gasteiger partial charge in [0.15, 0.2) is 0 Å². The maximum Gasteiger partial charge on any atom is 0.337 e. The first-order valence-corrected chi connectivity index (χ1v) is 5.24. The molecule has 0 aromatic heterocycles. The minimum atomic E-state index is -0.519. The summed E-state index contributed by atoms with van der Waals surface area (Å²) in [5.74, 6) is -0.887. The van der Waals surface area contributed by atoms with E-state index in [0.29, 0.717) is 17.3 Å². The van der Waals surface area contributed by atoms with Crippen LogP contribution in [0.3, 0.4) is 0 Å². The molecule has 4 heteroatoms. The molecule has 0 aliphatic carbocycles. The Morgan fingerprint density at radius 3 is 2.79 bits per heavy atom. The van der Waals surface area contributed by atoms with Crippen LogP contribution in [0.1, 0.15) is 15.9 Å². The molecule has 1 rings (SSSR count). The molecule has 14 heavy (non-hydrogen) atoms. The van der Waals surface area contributed by atoms with E-state index in [2.05, 4.69) is 20.7 Å². The van der Waals surface area contributed by atoms with Crippen molar-refractivity contribution in [2.45, 2.75) is 6.42 Å². The normalized spacial score (nSPS) is 9.93. The number of esters is 1. The summed E-state index contributed by atoms with van der Waals surface area (Å²) in [6, 6.07) is 4.36. The van der Waals surface area contributed by atoms with Gasteiger partial charge in [-0.3, -0.25) is 0 Å². The Morgan fingerprint density at radius 1 is 1.57 bits per heavy atom. The molecule has 2 nitrogen and oxygen atoms in total. The predicted molar refractivity (Wildman–Crippen MR) is 55.2 cm³/mol. The van der Waals surface area contributed by atoms with Crippen LogP contribution >= 0.6 is 15.9 Å². The molecular formula is C10H10BrFO2. The van der Waals surface area contributed by atoms with Crippen molar-refractivity contribution in [3.05, 3.63) is 35.1 Å². The van der Waals surface area contributed by atoms with E-state index in [-0.39, 0.29) is 11.4 Å². The predicted octanol–water partition coefficient (Wildman–Crippen LogP) is 2.55. The molecule has 0 saturated carbocycles. The Morgan fingerprint density at radius 2 is 2.29 bits per heavy atom. The monoisotopic (exact) mass is 260 g/mol. The van der Waals surface area contributed by atoms with Crippen molar-refractivity contribution < 1.29 is 13.9 Å². The van der Waals surface area contributed by atoms with Crippen molar-refractivity contribution in [1.29, 1.82) is 0 Å². The lowest BCUT2D eigenvalue weighted by molar-refractivity contribution is 0.0600. The second kappa shape index (κ2) is 5.10. The van der Waals surface area contributed by atoms with Crippen LogP contribution in [0.2, 0.25) is 0 Å². The Kier molecular flexibility index (Phi) is 4.07. The van der Waals surface area contributed by atoms with Gasteiger partial charge >= 0.3 is 5.97 Å². The molecular weight excluding hydrogens is 251 g/mol. The largest absolute Gasteiger partial charge is 0.465 e. The Balaban J connectivity index is 2.94. The van der Waals surface area contributed by atoms with Gasteiger partial charge in [-0.05, 0) is 24.1 Å². The van der Waals surface area contributed by atoms with Gasteiger partial charge in [0.1, 0.15) is 5.82 Å². The van der Waals surface area contributed by atoms with Crippen molar-refractivity contribution in [3.8, 4) is 0 Å². The van der Waals surface area contributed by atoms with Gasteiger partial charge in [-0.1, -0.05) is 22.0 Å². The summed E-state index contributed by atoms with van der Waals surface area (Å²) in [7, 11) is 1.27. The number of alkyl halides is 1. The molecule has 0 radical (unpaired) electrons. The van der Waals surface area contributed by atoms with Gasteiger partial charge < -0.3 is 4.74 Å². The van der Waals surface area contributed by atoms with Gasteiger partial charge in [0.05, 0.1) is 12.7 Å².